The standard InChI is InChI=1S/C21H14Cl4N2O5S/c22-12-7-17(25)19-18(8-12)26-20(21(28)29)27(33(19,30)31)10-11-2-1-3-13(6-11)32-14-4-5-15(23)16(24)9-14/h1-9,20,26H,10H2,(H,28,29). The molecule has 0 bridgehead atoms. The Morgan fingerprint density at radius 2 is 1.70 bits per heavy atom. The van der Waals surface area contributed by atoms with Gasteiger partial charge in [0.25, 0.3) is 0 Å². The van der Waals surface area contributed by atoms with Gasteiger partial charge in [-0.05, 0) is 42.0 Å². The minimum absolute atomic E-state index is 0.0212. The number of sulfonamides is 1. The minimum atomic E-state index is -4.28. The van der Waals surface area contributed by atoms with Gasteiger partial charge in [-0.3, -0.25) is 0 Å². The van der Waals surface area contributed by atoms with E-state index in [-0.39, 0.29) is 27.2 Å². The Hall–Kier alpha value is -2.20. The van der Waals surface area contributed by atoms with Crippen molar-refractivity contribution in [3.05, 3.63) is 80.3 Å². The summed E-state index contributed by atoms with van der Waals surface area (Å²) in [6, 6.07) is 13.9. The van der Waals surface area contributed by atoms with Crippen LogP contribution in [0, 0.1) is 0 Å². The molecule has 0 spiro atoms. The van der Waals surface area contributed by atoms with Crippen molar-refractivity contribution < 1.29 is 23.1 Å². The van der Waals surface area contributed by atoms with Crippen molar-refractivity contribution in [2.24, 2.45) is 0 Å². The van der Waals surface area contributed by atoms with Crippen LogP contribution >= 0.6 is 46.4 Å². The monoisotopic (exact) mass is 546 g/mol. The molecule has 0 saturated carbocycles. The van der Waals surface area contributed by atoms with Crippen molar-refractivity contribution in [2.45, 2.75) is 17.6 Å². The van der Waals surface area contributed by atoms with Crippen LogP contribution < -0.4 is 10.1 Å². The molecule has 2 N–H and O–H groups in total. The van der Waals surface area contributed by atoms with Crippen LogP contribution in [0.3, 0.4) is 0 Å². The number of nitrogens with zero attached hydrogens (tertiary/aromatic N) is 1. The average Bonchev–Trinajstić information content (AvgIpc) is 2.72. The lowest BCUT2D eigenvalue weighted by molar-refractivity contribution is -0.140. The number of benzene rings is 3. The number of halogens is 4. The molecule has 4 rings (SSSR count). The number of hydrogen-bond donors (Lipinski definition) is 2. The number of carboxylic acids is 1. The summed E-state index contributed by atoms with van der Waals surface area (Å²) in [7, 11) is -4.28. The van der Waals surface area contributed by atoms with E-state index >= 15 is 0 Å². The van der Waals surface area contributed by atoms with Crippen LogP contribution in [0.25, 0.3) is 0 Å². The molecule has 7 nitrogen and oxygen atoms in total. The molecule has 3 aromatic rings. The predicted molar refractivity (Wildman–Crippen MR) is 127 cm³/mol. The second-order valence-electron chi connectivity index (χ2n) is 7.03. The number of anilines is 1. The fourth-order valence-electron chi connectivity index (χ4n) is 3.33. The predicted octanol–water partition coefficient (Wildman–Crippen LogP) is 6.12. The molecule has 0 amide bonds. The summed E-state index contributed by atoms with van der Waals surface area (Å²) >= 11 is 24.0. The number of ether oxygens (including phenoxy) is 1. The normalized spacial score (nSPS) is 17.2. The molecular formula is C21H14Cl4N2O5S. The Bertz CT molecular complexity index is 1370. The van der Waals surface area contributed by atoms with Crippen molar-refractivity contribution >= 4 is 68.1 Å². The number of fused-ring (bicyclic) bond motifs is 1. The number of rotatable bonds is 5. The van der Waals surface area contributed by atoms with Gasteiger partial charge in [-0.25, -0.2) is 13.2 Å². The quantitative estimate of drug-likeness (QED) is 0.399. The molecule has 0 saturated heterocycles. The lowest BCUT2D eigenvalue weighted by atomic mass is 10.2. The molecule has 1 heterocycles. The summed E-state index contributed by atoms with van der Waals surface area (Å²) in [5.74, 6) is -0.566. The first-order valence-electron chi connectivity index (χ1n) is 9.28. The second-order valence-corrected chi connectivity index (χ2v) is 10.5. The smallest absolute Gasteiger partial charge is 0.342 e. The fraction of sp³-hybridized carbons (Fsp3) is 0.0952. The van der Waals surface area contributed by atoms with E-state index in [4.69, 9.17) is 51.1 Å². The number of carbonyl (C=O) groups is 1. The Morgan fingerprint density at radius 1 is 0.970 bits per heavy atom. The second kappa shape index (κ2) is 9.21. The molecule has 0 aromatic heterocycles. The van der Waals surface area contributed by atoms with Gasteiger partial charge in [-0.15, -0.1) is 0 Å². The highest BCUT2D eigenvalue weighted by Gasteiger charge is 2.43. The van der Waals surface area contributed by atoms with E-state index in [1.54, 1.807) is 42.5 Å². The maximum Gasteiger partial charge on any atom is 0.342 e. The highest BCUT2D eigenvalue weighted by atomic mass is 35.5. The molecule has 12 heteroatoms. The first kappa shape index (κ1) is 23.9. The Kier molecular flexibility index (Phi) is 6.68. The number of carboxylic acid groups (broad SMARTS) is 1. The molecule has 1 atom stereocenters. The van der Waals surface area contributed by atoms with E-state index in [0.717, 1.165) is 4.31 Å². The number of nitrogens with one attached hydrogen (secondary N) is 1. The highest BCUT2D eigenvalue weighted by Crippen LogP contribution is 2.40. The van der Waals surface area contributed by atoms with Crippen molar-refractivity contribution in [3.8, 4) is 11.5 Å². The molecular weight excluding hydrogens is 534 g/mol. The third kappa shape index (κ3) is 4.87. The van der Waals surface area contributed by atoms with Gasteiger partial charge in [0.05, 0.1) is 20.8 Å². The zero-order valence-electron chi connectivity index (χ0n) is 16.4. The van der Waals surface area contributed by atoms with Gasteiger partial charge in [0.15, 0.2) is 6.17 Å². The van der Waals surface area contributed by atoms with Crippen LogP contribution in [-0.4, -0.2) is 30.0 Å². The Balaban J connectivity index is 1.68. The van der Waals surface area contributed by atoms with Crippen molar-refractivity contribution in [2.75, 3.05) is 5.32 Å². The maximum atomic E-state index is 13.3. The average molecular weight is 548 g/mol. The maximum absolute atomic E-state index is 13.3. The van der Waals surface area contributed by atoms with E-state index < -0.39 is 22.2 Å². The fourth-order valence-corrected chi connectivity index (χ4v) is 6.08. The molecule has 1 aliphatic heterocycles. The molecule has 33 heavy (non-hydrogen) atoms. The summed E-state index contributed by atoms with van der Waals surface area (Å²) in [6.45, 7) is -0.261. The van der Waals surface area contributed by atoms with Gasteiger partial charge in [0.2, 0.25) is 10.0 Å². The van der Waals surface area contributed by atoms with Gasteiger partial charge >= 0.3 is 5.97 Å². The van der Waals surface area contributed by atoms with Gasteiger partial charge in [0, 0.05) is 17.6 Å². The molecule has 0 fully saturated rings. The summed E-state index contributed by atoms with van der Waals surface area (Å²) in [4.78, 5) is 11.7. The van der Waals surface area contributed by atoms with Crippen molar-refractivity contribution in [1.29, 1.82) is 0 Å². The lowest BCUT2D eigenvalue weighted by Crippen LogP contribution is -2.52. The number of hydrogen-bond acceptors (Lipinski definition) is 5. The molecule has 0 aliphatic carbocycles. The van der Waals surface area contributed by atoms with Crippen LogP contribution in [0.1, 0.15) is 5.56 Å². The molecule has 0 radical (unpaired) electrons. The van der Waals surface area contributed by atoms with Gasteiger partial charge in [-0.2, -0.15) is 4.31 Å². The van der Waals surface area contributed by atoms with E-state index in [9.17, 15) is 18.3 Å². The topological polar surface area (TPSA) is 95.9 Å². The zero-order valence-corrected chi connectivity index (χ0v) is 20.3. The molecule has 3 aromatic carbocycles. The summed E-state index contributed by atoms with van der Waals surface area (Å²) in [5, 5.41) is 13.1. The number of aliphatic carboxylic acids is 1. The largest absolute Gasteiger partial charge is 0.479 e. The molecule has 1 aliphatic rings. The van der Waals surface area contributed by atoms with Crippen molar-refractivity contribution in [3.63, 3.8) is 0 Å². The van der Waals surface area contributed by atoms with E-state index in [1.165, 1.54) is 12.1 Å². The van der Waals surface area contributed by atoms with Crippen LogP contribution in [-0.2, 0) is 21.4 Å². The Morgan fingerprint density at radius 3 is 2.39 bits per heavy atom. The van der Waals surface area contributed by atoms with E-state index in [0.29, 0.717) is 27.1 Å². The highest BCUT2D eigenvalue weighted by molar-refractivity contribution is 7.89. The first-order valence-corrected chi connectivity index (χ1v) is 12.2. The van der Waals surface area contributed by atoms with Gasteiger partial charge in [-0.1, -0.05) is 58.5 Å². The Labute approximate surface area is 209 Å². The van der Waals surface area contributed by atoms with E-state index in [1.807, 2.05) is 0 Å². The minimum Gasteiger partial charge on any atom is -0.479 e. The lowest BCUT2D eigenvalue weighted by Gasteiger charge is -2.35. The molecule has 172 valence electrons. The van der Waals surface area contributed by atoms with Crippen LogP contribution in [0.15, 0.2) is 59.5 Å². The zero-order chi connectivity index (χ0) is 23.9. The van der Waals surface area contributed by atoms with Crippen LogP contribution in [0.4, 0.5) is 5.69 Å². The SMILES string of the molecule is O=C(O)C1Nc2cc(Cl)cc(Cl)c2S(=O)(=O)N1Cc1cccc(Oc2ccc(Cl)c(Cl)c2)c1. The molecule has 1 unspecified atom stereocenters. The third-order valence-corrected chi connectivity index (χ3v) is 8.03. The third-order valence-electron chi connectivity index (χ3n) is 4.75. The van der Waals surface area contributed by atoms with Crippen molar-refractivity contribution in [1.82, 2.24) is 4.31 Å². The van der Waals surface area contributed by atoms with Gasteiger partial charge < -0.3 is 15.2 Å². The van der Waals surface area contributed by atoms with E-state index in [2.05, 4.69) is 5.32 Å². The summed E-state index contributed by atoms with van der Waals surface area (Å²) in [6.07, 6.45) is -1.57. The summed E-state index contributed by atoms with van der Waals surface area (Å²) < 4.78 is 33.3. The van der Waals surface area contributed by atoms with Crippen LogP contribution in [0.5, 0.6) is 11.5 Å². The first-order chi connectivity index (χ1) is 15.6. The van der Waals surface area contributed by atoms with Gasteiger partial charge in [0.1, 0.15) is 16.4 Å². The summed E-state index contributed by atoms with van der Waals surface area (Å²) in [5.41, 5.74) is 0.505. The van der Waals surface area contributed by atoms with Crippen LogP contribution in [0.2, 0.25) is 20.1 Å².